The molecule has 3 rings (SSSR count). The summed E-state index contributed by atoms with van der Waals surface area (Å²) in [4.78, 5) is 1.59. The molecule has 1 N–H and O–H groups in total. The SMILES string of the molecule is c1coc(Cn2nnc(C3CCCNC3)n2)c1. The third kappa shape index (κ3) is 2.36. The van der Waals surface area contributed by atoms with E-state index in [1.807, 2.05) is 12.1 Å². The van der Waals surface area contributed by atoms with Crippen molar-refractivity contribution in [3.05, 3.63) is 30.0 Å². The zero-order valence-electron chi connectivity index (χ0n) is 9.54. The fourth-order valence-electron chi connectivity index (χ4n) is 2.10. The normalized spacial score (nSPS) is 20.6. The third-order valence-corrected chi connectivity index (χ3v) is 3.01. The van der Waals surface area contributed by atoms with Crippen molar-refractivity contribution in [2.75, 3.05) is 13.1 Å². The molecule has 2 aromatic heterocycles. The van der Waals surface area contributed by atoms with Gasteiger partial charge in [0.15, 0.2) is 5.82 Å². The van der Waals surface area contributed by atoms with Crippen LogP contribution in [-0.4, -0.2) is 33.3 Å². The van der Waals surface area contributed by atoms with E-state index in [0.717, 1.165) is 31.1 Å². The van der Waals surface area contributed by atoms with Gasteiger partial charge in [0, 0.05) is 12.5 Å². The Morgan fingerprint density at radius 2 is 2.53 bits per heavy atom. The highest BCUT2D eigenvalue weighted by atomic mass is 16.3. The van der Waals surface area contributed by atoms with Crippen LogP contribution in [0, 0.1) is 0 Å². The summed E-state index contributed by atoms with van der Waals surface area (Å²) in [6.45, 7) is 2.59. The Bertz CT molecular complexity index is 458. The number of aromatic nitrogens is 4. The summed E-state index contributed by atoms with van der Waals surface area (Å²) in [6.07, 6.45) is 3.97. The second-order valence-electron chi connectivity index (χ2n) is 4.30. The summed E-state index contributed by atoms with van der Waals surface area (Å²) < 4.78 is 5.25. The zero-order chi connectivity index (χ0) is 11.5. The molecule has 0 aliphatic carbocycles. The lowest BCUT2D eigenvalue weighted by atomic mass is 9.99. The van der Waals surface area contributed by atoms with Gasteiger partial charge in [-0.3, -0.25) is 0 Å². The number of hydrogen-bond acceptors (Lipinski definition) is 5. The lowest BCUT2D eigenvalue weighted by Gasteiger charge is -2.19. The molecule has 1 fully saturated rings. The second-order valence-corrected chi connectivity index (χ2v) is 4.30. The molecule has 6 heteroatoms. The van der Waals surface area contributed by atoms with Gasteiger partial charge in [0.2, 0.25) is 0 Å². The Morgan fingerprint density at radius 3 is 3.29 bits per heavy atom. The lowest BCUT2D eigenvalue weighted by molar-refractivity contribution is 0.436. The Kier molecular flexibility index (Phi) is 2.87. The van der Waals surface area contributed by atoms with Crippen molar-refractivity contribution in [1.29, 1.82) is 0 Å². The van der Waals surface area contributed by atoms with Gasteiger partial charge in [0.05, 0.1) is 6.26 Å². The number of furan rings is 1. The maximum Gasteiger partial charge on any atom is 0.179 e. The first-order valence-corrected chi connectivity index (χ1v) is 5.92. The molecular formula is C11H15N5O. The van der Waals surface area contributed by atoms with Gasteiger partial charge in [-0.05, 0) is 36.7 Å². The van der Waals surface area contributed by atoms with E-state index < -0.39 is 0 Å². The van der Waals surface area contributed by atoms with Crippen molar-refractivity contribution in [3.8, 4) is 0 Å². The van der Waals surface area contributed by atoms with Crippen LogP contribution in [0.5, 0.6) is 0 Å². The largest absolute Gasteiger partial charge is 0.467 e. The molecule has 17 heavy (non-hydrogen) atoms. The van der Waals surface area contributed by atoms with Gasteiger partial charge in [-0.2, -0.15) is 4.80 Å². The highest BCUT2D eigenvalue weighted by Crippen LogP contribution is 2.18. The lowest BCUT2D eigenvalue weighted by Crippen LogP contribution is -2.29. The van der Waals surface area contributed by atoms with E-state index in [9.17, 15) is 0 Å². The predicted molar refractivity (Wildman–Crippen MR) is 60.5 cm³/mol. The Labute approximate surface area is 99.0 Å². The molecule has 0 bridgehead atoms. The van der Waals surface area contributed by atoms with Crippen LogP contribution in [0.1, 0.15) is 30.3 Å². The van der Waals surface area contributed by atoms with E-state index in [-0.39, 0.29) is 0 Å². The summed E-state index contributed by atoms with van der Waals surface area (Å²) in [5.41, 5.74) is 0. The van der Waals surface area contributed by atoms with E-state index in [0.29, 0.717) is 12.5 Å². The number of piperidine rings is 1. The fourth-order valence-corrected chi connectivity index (χ4v) is 2.10. The van der Waals surface area contributed by atoms with Gasteiger partial charge in [0.1, 0.15) is 12.3 Å². The van der Waals surface area contributed by atoms with Gasteiger partial charge in [-0.15, -0.1) is 10.2 Å². The number of nitrogens with one attached hydrogen (secondary N) is 1. The average Bonchev–Trinajstić information content (AvgIpc) is 3.02. The van der Waals surface area contributed by atoms with Crippen LogP contribution in [0.4, 0.5) is 0 Å². The fraction of sp³-hybridized carbons (Fsp3) is 0.545. The van der Waals surface area contributed by atoms with Crippen molar-refractivity contribution in [2.24, 2.45) is 0 Å². The summed E-state index contributed by atoms with van der Waals surface area (Å²) in [5, 5.41) is 15.9. The average molecular weight is 233 g/mol. The zero-order valence-corrected chi connectivity index (χ0v) is 9.54. The molecule has 0 saturated carbocycles. The molecule has 90 valence electrons. The van der Waals surface area contributed by atoms with Crippen LogP contribution >= 0.6 is 0 Å². The summed E-state index contributed by atoms with van der Waals surface area (Å²) in [7, 11) is 0. The van der Waals surface area contributed by atoms with Crippen LogP contribution in [0.25, 0.3) is 0 Å². The highest BCUT2D eigenvalue weighted by Gasteiger charge is 2.19. The van der Waals surface area contributed by atoms with E-state index >= 15 is 0 Å². The van der Waals surface area contributed by atoms with Crippen molar-refractivity contribution in [2.45, 2.75) is 25.3 Å². The third-order valence-electron chi connectivity index (χ3n) is 3.01. The number of rotatable bonds is 3. The Hall–Kier alpha value is -1.69. The minimum atomic E-state index is 0.397. The van der Waals surface area contributed by atoms with Crippen LogP contribution < -0.4 is 5.32 Å². The van der Waals surface area contributed by atoms with Gasteiger partial charge in [-0.1, -0.05) is 0 Å². The van der Waals surface area contributed by atoms with Crippen molar-refractivity contribution < 1.29 is 4.42 Å². The van der Waals surface area contributed by atoms with E-state index in [1.54, 1.807) is 11.1 Å². The molecular weight excluding hydrogens is 218 g/mol. The van der Waals surface area contributed by atoms with Gasteiger partial charge in [-0.25, -0.2) is 0 Å². The van der Waals surface area contributed by atoms with Crippen molar-refractivity contribution in [3.63, 3.8) is 0 Å². The maximum absolute atomic E-state index is 5.25. The molecule has 2 aromatic rings. The van der Waals surface area contributed by atoms with E-state index in [2.05, 4.69) is 20.7 Å². The molecule has 1 unspecified atom stereocenters. The second kappa shape index (κ2) is 4.67. The predicted octanol–water partition coefficient (Wildman–Crippen LogP) is 0.781. The Morgan fingerprint density at radius 1 is 1.53 bits per heavy atom. The van der Waals surface area contributed by atoms with Crippen LogP contribution in [0.2, 0.25) is 0 Å². The number of hydrogen-bond donors (Lipinski definition) is 1. The molecule has 6 nitrogen and oxygen atoms in total. The molecule has 1 aliphatic rings. The van der Waals surface area contributed by atoms with Crippen LogP contribution in [0.15, 0.2) is 22.8 Å². The quantitative estimate of drug-likeness (QED) is 0.848. The van der Waals surface area contributed by atoms with Gasteiger partial charge < -0.3 is 9.73 Å². The molecule has 1 atom stereocenters. The smallest absolute Gasteiger partial charge is 0.179 e. The first-order chi connectivity index (χ1) is 8.42. The van der Waals surface area contributed by atoms with E-state index in [1.165, 1.54) is 6.42 Å². The first kappa shape index (κ1) is 10.5. The molecule has 0 amide bonds. The van der Waals surface area contributed by atoms with Gasteiger partial charge in [0.25, 0.3) is 0 Å². The van der Waals surface area contributed by atoms with Crippen LogP contribution in [0.3, 0.4) is 0 Å². The van der Waals surface area contributed by atoms with E-state index in [4.69, 9.17) is 4.42 Å². The summed E-state index contributed by atoms with van der Waals surface area (Å²) in [5.74, 6) is 2.08. The van der Waals surface area contributed by atoms with Gasteiger partial charge >= 0.3 is 0 Å². The number of tetrazole rings is 1. The van der Waals surface area contributed by atoms with Crippen LogP contribution in [-0.2, 0) is 6.54 Å². The summed E-state index contributed by atoms with van der Waals surface area (Å²) >= 11 is 0. The minimum absolute atomic E-state index is 0.397. The first-order valence-electron chi connectivity index (χ1n) is 5.92. The maximum atomic E-state index is 5.25. The van der Waals surface area contributed by atoms with Crippen molar-refractivity contribution >= 4 is 0 Å². The van der Waals surface area contributed by atoms with Crippen molar-refractivity contribution in [1.82, 2.24) is 25.5 Å². The Balaban J connectivity index is 1.69. The standard InChI is InChI=1S/C11H15N5O/c1-3-9(7-12-5-1)11-13-15-16(14-11)8-10-4-2-6-17-10/h2,4,6,9,12H,1,3,5,7-8H2. The monoisotopic (exact) mass is 233 g/mol. The minimum Gasteiger partial charge on any atom is -0.467 e. The number of nitrogens with zero attached hydrogens (tertiary/aromatic N) is 4. The molecule has 0 aromatic carbocycles. The molecule has 1 saturated heterocycles. The molecule has 0 spiro atoms. The highest BCUT2D eigenvalue weighted by molar-refractivity contribution is 4.99. The molecule has 0 radical (unpaired) electrons. The summed E-state index contributed by atoms with van der Waals surface area (Å²) in [6, 6.07) is 3.77. The topological polar surface area (TPSA) is 68.8 Å². The molecule has 3 heterocycles. The molecule has 1 aliphatic heterocycles.